The number of benzene rings is 8. The fourth-order valence-corrected chi connectivity index (χ4v) is 8.42. The lowest BCUT2D eigenvalue weighted by Crippen LogP contribution is -1.97. The van der Waals surface area contributed by atoms with Crippen molar-refractivity contribution in [2.75, 3.05) is 0 Å². The zero-order valence-corrected chi connectivity index (χ0v) is 29.4. The highest BCUT2D eigenvalue weighted by atomic mass is 15.1. The molecule has 0 aliphatic carbocycles. The lowest BCUT2D eigenvalue weighted by Gasteiger charge is -2.11. The molecule has 0 atom stereocenters. The summed E-state index contributed by atoms with van der Waals surface area (Å²) in [6, 6.07) is 72.0. The van der Waals surface area contributed by atoms with Gasteiger partial charge in [-0.05, 0) is 75.7 Å². The standard InChI is InChI=1S/C51H33N3/c1-3-13-37(14-4-1)49-44-33-39(29-32-47(44)54-46-21-11-9-18-42(46)41-17-7-8-19-43(41)50(49)54)36-25-23-34(24-26-36)35-27-30-40(31-28-35)53-48-22-12-10-20-45(48)52-51(53)38-15-5-2-6-16-38/h1-33H. The topological polar surface area (TPSA) is 22.2 Å². The molecule has 0 N–H and O–H groups in total. The van der Waals surface area contributed by atoms with Gasteiger partial charge in [0.1, 0.15) is 5.82 Å². The molecule has 3 heteroatoms. The van der Waals surface area contributed by atoms with Crippen LogP contribution in [0.4, 0.5) is 0 Å². The Kier molecular flexibility index (Phi) is 6.86. The summed E-state index contributed by atoms with van der Waals surface area (Å²) >= 11 is 0. The molecule has 0 spiro atoms. The zero-order chi connectivity index (χ0) is 35.6. The van der Waals surface area contributed by atoms with Crippen molar-refractivity contribution in [3.05, 3.63) is 200 Å². The van der Waals surface area contributed by atoms with Gasteiger partial charge in [0.15, 0.2) is 0 Å². The smallest absolute Gasteiger partial charge is 0.145 e. The lowest BCUT2D eigenvalue weighted by atomic mass is 9.96. The summed E-state index contributed by atoms with van der Waals surface area (Å²) in [5, 5.41) is 5.06. The quantitative estimate of drug-likeness (QED) is 0.165. The average molecular weight is 688 g/mol. The van der Waals surface area contributed by atoms with E-state index in [1.807, 2.05) is 12.1 Å². The maximum absolute atomic E-state index is 5.02. The highest BCUT2D eigenvalue weighted by molar-refractivity contribution is 6.22. The molecule has 0 aliphatic heterocycles. The van der Waals surface area contributed by atoms with Gasteiger partial charge in [-0.25, -0.2) is 4.98 Å². The van der Waals surface area contributed by atoms with Gasteiger partial charge in [0.25, 0.3) is 0 Å². The number of imidazole rings is 1. The average Bonchev–Trinajstić information content (AvgIpc) is 3.81. The monoisotopic (exact) mass is 687 g/mol. The van der Waals surface area contributed by atoms with E-state index < -0.39 is 0 Å². The second-order valence-electron chi connectivity index (χ2n) is 14.0. The minimum Gasteiger partial charge on any atom is -0.308 e. The van der Waals surface area contributed by atoms with Crippen LogP contribution in [0.1, 0.15) is 0 Å². The van der Waals surface area contributed by atoms with Gasteiger partial charge in [-0.3, -0.25) is 4.57 Å². The minimum absolute atomic E-state index is 0.943. The number of pyridine rings is 1. The van der Waals surface area contributed by atoms with E-state index in [2.05, 4.69) is 197 Å². The van der Waals surface area contributed by atoms with Crippen molar-refractivity contribution in [1.29, 1.82) is 0 Å². The van der Waals surface area contributed by atoms with Crippen molar-refractivity contribution in [1.82, 2.24) is 14.0 Å². The Balaban J connectivity index is 1.01. The molecule has 252 valence electrons. The molecule has 3 aromatic heterocycles. The zero-order valence-electron chi connectivity index (χ0n) is 29.4. The Morgan fingerprint density at radius 3 is 1.57 bits per heavy atom. The molecule has 0 saturated heterocycles. The molecule has 0 amide bonds. The number of hydrogen-bond donors (Lipinski definition) is 0. The first-order chi connectivity index (χ1) is 26.8. The van der Waals surface area contributed by atoms with E-state index in [1.54, 1.807) is 0 Å². The third-order valence-corrected chi connectivity index (χ3v) is 10.9. The van der Waals surface area contributed by atoms with Crippen LogP contribution in [0.3, 0.4) is 0 Å². The van der Waals surface area contributed by atoms with Gasteiger partial charge in [-0.15, -0.1) is 0 Å². The largest absolute Gasteiger partial charge is 0.308 e. The molecule has 11 rings (SSSR count). The molecule has 0 fully saturated rings. The first-order valence-electron chi connectivity index (χ1n) is 18.5. The molecule has 0 bridgehead atoms. The van der Waals surface area contributed by atoms with Gasteiger partial charge in [-0.2, -0.15) is 0 Å². The van der Waals surface area contributed by atoms with Gasteiger partial charge in [0.05, 0.1) is 27.6 Å². The second kappa shape index (κ2) is 12.2. The van der Waals surface area contributed by atoms with Crippen LogP contribution < -0.4 is 0 Å². The van der Waals surface area contributed by atoms with Crippen LogP contribution in [0.2, 0.25) is 0 Å². The summed E-state index contributed by atoms with van der Waals surface area (Å²) in [5.74, 6) is 0.943. The van der Waals surface area contributed by atoms with Crippen molar-refractivity contribution in [3.63, 3.8) is 0 Å². The van der Waals surface area contributed by atoms with Crippen LogP contribution in [-0.4, -0.2) is 14.0 Å². The summed E-state index contributed by atoms with van der Waals surface area (Å²) in [4.78, 5) is 5.02. The van der Waals surface area contributed by atoms with Crippen LogP contribution in [0.15, 0.2) is 200 Å². The number of aromatic nitrogens is 3. The Morgan fingerprint density at radius 2 is 0.852 bits per heavy atom. The molecular formula is C51H33N3. The molecule has 0 radical (unpaired) electrons. The summed E-state index contributed by atoms with van der Waals surface area (Å²) in [7, 11) is 0. The van der Waals surface area contributed by atoms with Crippen LogP contribution >= 0.6 is 0 Å². The molecule has 11 aromatic rings. The van der Waals surface area contributed by atoms with Crippen molar-refractivity contribution in [2.45, 2.75) is 0 Å². The molecule has 0 saturated carbocycles. The lowest BCUT2D eigenvalue weighted by molar-refractivity contribution is 1.10. The van der Waals surface area contributed by atoms with Gasteiger partial charge < -0.3 is 4.40 Å². The van der Waals surface area contributed by atoms with Crippen LogP contribution in [-0.2, 0) is 0 Å². The highest BCUT2D eigenvalue weighted by Gasteiger charge is 2.20. The summed E-state index contributed by atoms with van der Waals surface area (Å²) < 4.78 is 4.73. The van der Waals surface area contributed by atoms with Gasteiger partial charge in [0, 0.05) is 33.0 Å². The molecule has 0 unspecified atom stereocenters. The fraction of sp³-hybridized carbons (Fsp3) is 0. The Hall–Kier alpha value is -7.23. The molecular weight excluding hydrogens is 655 g/mol. The summed E-state index contributed by atoms with van der Waals surface area (Å²) in [6.07, 6.45) is 0. The fourth-order valence-electron chi connectivity index (χ4n) is 8.42. The van der Waals surface area contributed by atoms with Crippen LogP contribution in [0, 0.1) is 0 Å². The van der Waals surface area contributed by atoms with E-state index in [-0.39, 0.29) is 0 Å². The second-order valence-corrected chi connectivity index (χ2v) is 14.0. The first-order valence-corrected chi connectivity index (χ1v) is 18.5. The Bertz CT molecular complexity index is 3170. The molecule has 3 heterocycles. The van der Waals surface area contributed by atoms with E-state index in [1.165, 1.54) is 71.5 Å². The van der Waals surface area contributed by atoms with Crippen molar-refractivity contribution >= 4 is 49.1 Å². The molecule has 8 aromatic carbocycles. The maximum atomic E-state index is 5.02. The van der Waals surface area contributed by atoms with Crippen LogP contribution in [0.25, 0.3) is 99.6 Å². The number of hydrogen-bond acceptors (Lipinski definition) is 1. The normalized spacial score (nSPS) is 11.7. The number of fused-ring (bicyclic) bond motifs is 9. The van der Waals surface area contributed by atoms with E-state index in [9.17, 15) is 0 Å². The SMILES string of the molecule is c1ccc(-c2c3cc(-c4ccc(-c5ccc(-n6c(-c7ccccc7)nc7ccccc76)cc5)cc4)ccc3n3c4ccccc4c4ccccc4c23)cc1. The van der Waals surface area contributed by atoms with E-state index in [0.29, 0.717) is 0 Å². The third-order valence-electron chi connectivity index (χ3n) is 10.9. The Labute approximate surface area is 312 Å². The maximum Gasteiger partial charge on any atom is 0.145 e. The number of rotatable bonds is 5. The molecule has 0 aliphatic rings. The Morgan fingerprint density at radius 1 is 0.333 bits per heavy atom. The molecule has 3 nitrogen and oxygen atoms in total. The minimum atomic E-state index is 0.943. The highest BCUT2D eigenvalue weighted by Crippen LogP contribution is 2.43. The van der Waals surface area contributed by atoms with Crippen molar-refractivity contribution in [2.24, 2.45) is 0 Å². The number of nitrogens with zero attached hydrogens (tertiary/aromatic N) is 3. The van der Waals surface area contributed by atoms with Crippen molar-refractivity contribution in [3.8, 4) is 50.5 Å². The molecule has 54 heavy (non-hydrogen) atoms. The van der Waals surface area contributed by atoms with Gasteiger partial charge in [0.2, 0.25) is 0 Å². The predicted molar refractivity (Wildman–Crippen MR) is 226 cm³/mol. The predicted octanol–water partition coefficient (Wildman–Crippen LogP) is 13.4. The van der Waals surface area contributed by atoms with Gasteiger partial charge in [-0.1, -0.05) is 158 Å². The van der Waals surface area contributed by atoms with Gasteiger partial charge >= 0.3 is 0 Å². The third kappa shape index (κ3) is 4.72. The van der Waals surface area contributed by atoms with E-state index >= 15 is 0 Å². The van der Waals surface area contributed by atoms with Crippen LogP contribution in [0.5, 0.6) is 0 Å². The summed E-state index contributed by atoms with van der Waals surface area (Å²) in [6.45, 7) is 0. The number of para-hydroxylation sites is 3. The van der Waals surface area contributed by atoms with E-state index in [4.69, 9.17) is 4.98 Å². The summed E-state index contributed by atoms with van der Waals surface area (Å²) in [5.41, 5.74) is 15.2. The van der Waals surface area contributed by atoms with Crippen molar-refractivity contribution < 1.29 is 0 Å². The van der Waals surface area contributed by atoms with E-state index in [0.717, 1.165) is 28.1 Å². The first kappa shape index (κ1) is 30.4.